The second-order valence-corrected chi connectivity index (χ2v) is 8.26. The zero-order valence-corrected chi connectivity index (χ0v) is 15.3. The molecule has 134 valence electrons. The van der Waals surface area contributed by atoms with Gasteiger partial charge in [0.05, 0.1) is 35.6 Å². The van der Waals surface area contributed by atoms with Crippen molar-refractivity contribution in [2.75, 3.05) is 30.4 Å². The van der Waals surface area contributed by atoms with Crippen molar-refractivity contribution in [2.45, 2.75) is 23.6 Å². The van der Waals surface area contributed by atoms with Gasteiger partial charge >= 0.3 is 0 Å². The topological polar surface area (TPSA) is 98.4 Å². The van der Waals surface area contributed by atoms with Crippen molar-refractivity contribution in [1.82, 2.24) is 9.97 Å². The van der Waals surface area contributed by atoms with E-state index < -0.39 is 9.84 Å². The number of hydrogen-bond donors (Lipinski definition) is 1. The van der Waals surface area contributed by atoms with Crippen LogP contribution < -0.4 is 10.6 Å². The summed E-state index contributed by atoms with van der Waals surface area (Å²) in [5, 5.41) is 0.0266. The fraction of sp³-hybridized carbons (Fsp3) is 0.375. The number of nitrogens with zero attached hydrogens (tertiary/aromatic N) is 3. The number of ether oxygens (including phenoxy) is 1. The van der Waals surface area contributed by atoms with E-state index in [1.54, 1.807) is 18.2 Å². The Hall–Kier alpha value is -1.90. The van der Waals surface area contributed by atoms with Gasteiger partial charge in [-0.2, -0.15) is 0 Å². The predicted molar refractivity (Wildman–Crippen MR) is 96.4 cm³/mol. The average Bonchev–Trinajstić information content (AvgIpc) is 2.54. The van der Waals surface area contributed by atoms with Crippen LogP contribution >= 0.6 is 11.6 Å². The highest BCUT2D eigenvalue weighted by molar-refractivity contribution is 7.90. The molecular formula is C16H19ClN4O3S. The fourth-order valence-corrected chi connectivity index (χ4v) is 4.14. The Morgan fingerprint density at radius 1 is 1.32 bits per heavy atom. The van der Waals surface area contributed by atoms with Crippen LogP contribution in [0.3, 0.4) is 0 Å². The predicted octanol–water partition coefficient (Wildman–Crippen LogP) is 1.91. The number of benzene rings is 1. The van der Waals surface area contributed by atoms with Gasteiger partial charge in [-0.1, -0.05) is 0 Å². The van der Waals surface area contributed by atoms with E-state index in [9.17, 15) is 8.42 Å². The summed E-state index contributed by atoms with van der Waals surface area (Å²) in [5.41, 5.74) is 6.47. The number of morpholine rings is 1. The van der Waals surface area contributed by atoms with Crippen molar-refractivity contribution < 1.29 is 13.2 Å². The summed E-state index contributed by atoms with van der Waals surface area (Å²) in [5.74, 6) is 0.350. The molecule has 0 aliphatic carbocycles. The molecule has 1 fully saturated rings. The van der Waals surface area contributed by atoms with E-state index in [4.69, 9.17) is 22.1 Å². The molecule has 2 aromatic rings. The molecule has 2 heterocycles. The highest BCUT2D eigenvalue weighted by Gasteiger charge is 2.23. The molecule has 1 aromatic carbocycles. The summed E-state index contributed by atoms with van der Waals surface area (Å²) in [6.07, 6.45) is 0. The molecule has 0 amide bonds. The van der Waals surface area contributed by atoms with Crippen LogP contribution in [0.2, 0.25) is 5.28 Å². The van der Waals surface area contributed by atoms with Gasteiger partial charge in [0.2, 0.25) is 5.28 Å². The van der Waals surface area contributed by atoms with Crippen LogP contribution in [0.25, 0.3) is 0 Å². The van der Waals surface area contributed by atoms with Crippen molar-refractivity contribution in [3.05, 3.63) is 41.3 Å². The van der Waals surface area contributed by atoms with Crippen LogP contribution in [0, 0.1) is 0 Å². The van der Waals surface area contributed by atoms with Gasteiger partial charge in [-0.05, 0) is 42.8 Å². The SMILES string of the molecule is C[C@H]1COCCN1c1cc(CS(=O)(=O)c2ccc(N)cc2)nc(Cl)n1. The van der Waals surface area contributed by atoms with Gasteiger partial charge in [0, 0.05) is 18.3 Å². The normalized spacial score (nSPS) is 18.3. The van der Waals surface area contributed by atoms with Gasteiger partial charge in [0.25, 0.3) is 0 Å². The Kier molecular flexibility index (Phi) is 5.12. The van der Waals surface area contributed by atoms with E-state index in [-0.39, 0.29) is 22.0 Å². The minimum atomic E-state index is -3.56. The maximum atomic E-state index is 12.6. The number of nitrogen functional groups attached to an aromatic ring is 1. The first-order valence-corrected chi connectivity index (χ1v) is 9.84. The summed E-state index contributed by atoms with van der Waals surface area (Å²) in [7, 11) is -3.56. The highest BCUT2D eigenvalue weighted by Crippen LogP contribution is 2.23. The van der Waals surface area contributed by atoms with Crippen molar-refractivity contribution in [3.63, 3.8) is 0 Å². The second-order valence-electron chi connectivity index (χ2n) is 5.93. The third-order valence-corrected chi connectivity index (χ3v) is 5.81. The van der Waals surface area contributed by atoms with E-state index in [2.05, 4.69) is 9.97 Å². The van der Waals surface area contributed by atoms with E-state index >= 15 is 0 Å². The van der Waals surface area contributed by atoms with Crippen LogP contribution in [0.15, 0.2) is 35.2 Å². The number of nitrogens with two attached hydrogens (primary N) is 1. The third kappa shape index (κ3) is 4.20. The van der Waals surface area contributed by atoms with Gasteiger partial charge < -0.3 is 15.4 Å². The maximum absolute atomic E-state index is 12.6. The van der Waals surface area contributed by atoms with Crippen LogP contribution in [0.5, 0.6) is 0 Å². The van der Waals surface area contributed by atoms with Gasteiger partial charge in [-0.3, -0.25) is 0 Å². The first-order chi connectivity index (χ1) is 11.8. The lowest BCUT2D eigenvalue weighted by molar-refractivity contribution is 0.0985. The molecular weight excluding hydrogens is 364 g/mol. The van der Waals surface area contributed by atoms with E-state index in [1.165, 1.54) is 12.1 Å². The van der Waals surface area contributed by atoms with Crippen molar-refractivity contribution in [2.24, 2.45) is 0 Å². The standard InChI is InChI=1S/C16H19ClN4O3S/c1-11-9-24-7-6-21(11)15-8-13(19-16(17)20-15)10-25(22,23)14-4-2-12(18)3-5-14/h2-5,8,11H,6-7,9-10,18H2,1H3/t11-/m0/s1. The lowest BCUT2D eigenvalue weighted by Crippen LogP contribution is -2.44. The minimum absolute atomic E-state index is 0.0266. The molecule has 9 heteroatoms. The van der Waals surface area contributed by atoms with Crippen LogP contribution in [-0.4, -0.2) is 44.2 Å². The number of aromatic nitrogens is 2. The maximum Gasteiger partial charge on any atom is 0.224 e. The summed E-state index contributed by atoms with van der Waals surface area (Å²) in [6, 6.07) is 7.88. The van der Waals surface area contributed by atoms with Crippen LogP contribution in [-0.2, 0) is 20.3 Å². The van der Waals surface area contributed by atoms with E-state index in [0.717, 1.165) is 0 Å². The molecule has 25 heavy (non-hydrogen) atoms. The summed E-state index contributed by atoms with van der Waals surface area (Å²) in [4.78, 5) is 10.5. The van der Waals surface area contributed by atoms with E-state index in [1.807, 2.05) is 11.8 Å². The number of hydrogen-bond acceptors (Lipinski definition) is 7. The Morgan fingerprint density at radius 3 is 2.72 bits per heavy atom. The molecule has 0 bridgehead atoms. The summed E-state index contributed by atoms with van der Waals surface area (Å²) < 4.78 is 30.6. The molecule has 0 radical (unpaired) electrons. The Bertz CT molecular complexity index is 858. The Labute approximate surface area is 151 Å². The van der Waals surface area contributed by atoms with Gasteiger partial charge in [-0.15, -0.1) is 0 Å². The first-order valence-electron chi connectivity index (χ1n) is 7.81. The van der Waals surface area contributed by atoms with Gasteiger partial charge in [0.15, 0.2) is 9.84 Å². The van der Waals surface area contributed by atoms with E-state index in [0.29, 0.717) is 37.0 Å². The number of halogens is 1. The first kappa shape index (κ1) is 17.9. The monoisotopic (exact) mass is 382 g/mol. The molecule has 1 aliphatic rings. The summed E-state index contributed by atoms with van der Waals surface area (Å²) in [6.45, 7) is 3.85. The van der Waals surface area contributed by atoms with Crippen molar-refractivity contribution in [1.29, 1.82) is 0 Å². The third-order valence-electron chi connectivity index (χ3n) is 3.98. The molecule has 2 N–H and O–H groups in total. The molecule has 3 rings (SSSR count). The molecule has 1 aromatic heterocycles. The second kappa shape index (κ2) is 7.15. The van der Waals surface area contributed by atoms with Crippen LogP contribution in [0.1, 0.15) is 12.6 Å². The smallest absolute Gasteiger partial charge is 0.224 e. The van der Waals surface area contributed by atoms with Crippen molar-refractivity contribution >= 4 is 32.9 Å². The quantitative estimate of drug-likeness (QED) is 0.637. The van der Waals surface area contributed by atoms with Crippen molar-refractivity contribution in [3.8, 4) is 0 Å². The Morgan fingerprint density at radius 2 is 2.04 bits per heavy atom. The molecule has 1 aliphatic heterocycles. The molecule has 1 saturated heterocycles. The molecule has 0 spiro atoms. The number of anilines is 2. The lowest BCUT2D eigenvalue weighted by Gasteiger charge is -2.34. The molecule has 7 nitrogen and oxygen atoms in total. The summed E-state index contributed by atoms with van der Waals surface area (Å²) >= 11 is 6.02. The lowest BCUT2D eigenvalue weighted by atomic mass is 10.2. The molecule has 0 saturated carbocycles. The molecule has 1 atom stereocenters. The average molecular weight is 383 g/mol. The minimum Gasteiger partial charge on any atom is -0.399 e. The highest BCUT2D eigenvalue weighted by atomic mass is 35.5. The fourth-order valence-electron chi connectivity index (χ4n) is 2.69. The number of rotatable bonds is 4. The van der Waals surface area contributed by atoms with Gasteiger partial charge in [-0.25, -0.2) is 18.4 Å². The van der Waals surface area contributed by atoms with Gasteiger partial charge in [0.1, 0.15) is 5.82 Å². The zero-order chi connectivity index (χ0) is 18.0. The Balaban J connectivity index is 1.88. The number of sulfone groups is 1. The largest absolute Gasteiger partial charge is 0.399 e. The van der Waals surface area contributed by atoms with Crippen LogP contribution in [0.4, 0.5) is 11.5 Å². The molecule has 0 unspecified atom stereocenters. The zero-order valence-electron chi connectivity index (χ0n) is 13.7.